The fourth-order valence-corrected chi connectivity index (χ4v) is 2.58. The van der Waals surface area contributed by atoms with Crippen molar-refractivity contribution < 1.29 is 19.4 Å². The van der Waals surface area contributed by atoms with E-state index in [2.05, 4.69) is 5.32 Å². The summed E-state index contributed by atoms with van der Waals surface area (Å²) in [6, 6.07) is 8.42. The van der Waals surface area contributed by atoms with E-state index in [4.69, 9.17) is 4.74 Å². The van der Waals surface area contributed by atoms with Crippen LogP contribution in [0, 0.1) is 5.92 Å². The number of nitrogens with one attached hydrogen (secondary N) is 1. The second-order valence-corrected chi connectivity index (χ2v) is 5.49. The quantitative estimate of drug-likeness (QED) is 0.864. The van der Waals surface area contributed by atoms with Gasteiger partial charge < -0.3 is 15.2 Å². The minimum absolute atomic E-state index is 0.0481. The number of benzene rings is 1. The Labute approximate surface area is 124 Å². The fraction of sp³-hybridized carbons (Fsp3) is 0.500. The van der Waals surface area contributed by atoms with Crippen molar-refractivity contribution in [3.05, 3.63) is 35.9 Å². The van der Waals surface area contributed by atoms with Gasteiger partial charge in [0.15, 0.2) is 0 Å². The molecule has 1 aromatic carbocycles. The number of ether oxygens (including phenoxy) is 1. The minimum atomic E-state index is -1.01. The van der Waals surface area contributed by atoms with Gasteiger partial charge in [-0.2, -0.15) is 0 Å². The number of carbonyl (C=O) groups excluding carboxylic acids is 1. The topological polar surface area (TPSA) is 75.6 Å². The molecule has 0 aliphatic carbocycles. The Morgan fingerprint density at radius 2 is 2.10 bits per heavy atom. The van der Waals surface area contributed by atoms with Crippen molar-refractivity contribution >= 4 is 11.9 Å². The molecule has 1 saturated heterocycles. The van der Waals surface area contributed by atoms with Gasteiger partial charge in [-0.1, -0.05) is 30.3 Å². The van der Waals surface area contributed by atoms with Crippen LogP contribution in [0.2, 0.25) is 0 Å². The molecule has 0 aromatic heterocycles. The van der Waals surface area contributed by atoms with Crippen molar-refractivity contribution in [3.8, 4) is 0 Å². The minimum Gasteiger partial charge on any atom is -0.480 e. The SMILES string of the molecule is CC1CC(C(=O)N[C@@H](Cc2ccccc2)C(=O)O)CCO1. The van der Waals surface area contributed by atoms with Crippen molar-refractivity contribution in [1.29, 1.82) is 0 Å². The van der Waals surface area contributed by atoms with Gasteiger partial charge in [0.1, 0.15) is 6.04 Å². The number of amides is 1. The Morgan fingerprint density at radius 1 is 1.38 bits per heavy atom. The van der Waals surface area contributed by atoms with E-state index < -0.39 is 12.0 Å². The van der Waals surface area contributed by atoms with Crippen LogP contribution in [0.5, 0.6) is 0 Å². The molecule has 1 aliphatic rings. The zero-order chi connectivity index (χ0) is 15.2. The van der Waals surface area contributed by atoms with Crippen LogP contribution in [-0.2, 0) is 20.7 Å². The van der Waals surface area contributed by atoms with Gasteiger partial charge in [-0.3, -0.25) is 4.79 Å². The van der Waals surface area contributed by atoms with Crippen molar-refractivity contribution in [2.75, 3.05) is 6.61 Å². The van der Waals surface area contributed by atoms with Crippen LogP contribution in [0.25, 0.3) is 0 Å². The molecular weight excluding hydrogens is 270 g/mol. The van der Waals surface area contributed by atoms with E-state index in [0.29, 0.717) is 25.9 Å². The molecule has 5 heteroatoms. The predicted octanol–water partition coefficient (Wildman–Crippen LogP) is 1.61. The van der Waals surface area contributed by atoms with Gasteiger partial charge >= 0.3 is 5.97 Å². The van der Waals surface area contributed by atoms with Gasteiger partial charge in [-0.05, 0) is 25.3 Å². The maximum absolute atomic E-state index is 12.2. The molecule has 5 nitrogen and oxygen atoms in total. The standard InChI is InChI=1S/C16H21NO4/c1-11-9-13(7-8-21-11)15(18)17-14(16(19)20)10-12-5-3-2-4-6-12/h2-6,11,13-14H,7-10H2,1H3,(H,17,18)(H,19,20)/t11?,13?,14-/m0/s1. The van der Waals surface area contributed by atoms with Crippen molar-refractivity contribution in [2.45, 2.75) is 38.3 Å². The highest BCUT2D eigenvalue weighted by atomic mass is 16.5. The predicted molar refractivity (Wildman–Crippen MR) is 77.9 cm³/mol. The van der Waals surface area contributed by atoms with Crippen LogP contribution in [0.3, 0.4) is 0 Å². The average Bonchev–Trinajstić information content (AvgIpc) is 2.47. The normalized spacial score (nSPS) is 23.3. The summed E-state index contributed by atoms with van der Waals surface area (Å²) in [5.41, 5.74) is 0.894. The van der Waals surface area contributed by atoms with Crippen molar-refractivity contribution in [3.63, 3.8) is 0 Å². The molecule has 1 amide bonds. The van der Waals surface area contributed by atoms with Crippen LogP contribution < -0.4 is 5.32 Å². The first-order valence-electron chi connectivity index (χ1n) is 7.25. The maximum atomic E-state index is 12.2. The summed E-state index contributed by atoms with van der Waals surface area (Å²) in [5, 5.41) is 12.0. The lowest BCUT2D eigenvalue weighted by Gasteiger charge is -2.27. The first-order valence-corrected chi connectivity index (χ1v) is 7.25. The number of carbonyl (C=O) groups is 2. The van der Waals surface area contributed by atoms with Crippen LogP contribution in [0.15, 0.2) is 30.3 Å². The van der Waals surface area contributed by atoms with Crippen molar-refractivity contribution in [1.82, 2.24) is 5.32 Å². The van der Waals surface area contributed by atoms with E-state index in [9.17, 15) is 14.7 Å². The molecule has 2 rings (SSSR count). The molecule has 114 valence electrons. The van der Waals surface area contributed by atoms with Gasteiger partial charge in [-0.25, -0.2) is 4.79 Å². The summed E-state index contributed by atoms with van der Waals surface area (Å²) in [6.07, 6.45) is 1.63. The number of carboxylic acids is 1. The summed E-state index contributed by atoms with van der Waals surface area (Å²) < 4.78 is 5.41. The Balaban J connectivity index is 1.96. The Morgan fingerprint density at radius 3 is 2.71 bits per heavy atom. The molecule has 1 aromatic rings. The summed E-state index contributed by atoms with van der Waals surface area (Å²) in [6.45, 7) is 2.48. The van der Waals surface area contributed by atoms with E-state index >= 15 is 0 Å². The molecule has 2 N–H and O–H groups in total. The van der Waals surface area contributed by atoms with E-state index in [1.807, 2.05) is 37.3 Å². The van der Waals surface area contributed by atoms with E-state index in [1.54, 1.807) is 0 Å². The third-order valence-electron chi connectivity index (χ3n) is 3.75. The lowest BCUT2D eigenvalue weighted by Crippen LogP contribution is -2.46. The molecule has 3 atom stereocenters. The van der Waals surface area contributed by atoms with E-state index in [0.717, 1.165) is 5.56 Å². The van der Waals surface area contributed by atoms with E-state index in [-0.39, 0.29) is 17.9 Å². The summed E-state index contributed by atoms with van der Waals surface area (Å²) >= 11 is 0. The highest BCUT2D eigenvalue weighted by Crippen LogP contribution is 2.20. The van der Waals surface area contributed by atoms with Crippen LogP contribution in [0.1, 0.15) is 25.3 Å². The highest BCUT2D eigenvalue weighted by Gasteiger charge is 2.29. The maximum Gasteiger partial charge on any atom is 0.326 e. The van der Waals surface area contributed by atoms with Gasteiger partial charge in [0, 0.05) is 18.9 Å². The number of aliphatic carboxylic acids is 1. The fourth-order valence-electron chi connectivity index (χ4n) is 2.58. The van der Waals surface area contributed by atoms with Gasteiger partial charge in [0.25, 0.3) is 0 Å². The zero-order valence-corrected chi connectivity index (χ0v) is 12.1. The first-order chi connectivity index (χ1) is 10.1. The summed E-state index contributed by atoms with van der Waals surface area (Å²) in [4.78, 5) is 23.6. The molecule has 1 aliphatic heterocycles. The summed E-state index contributed by atoms with van der Waals surface area (Å²) in [5.74, 6) is -1.35. The zero-order valence-electron chi connectivity index (χ0n) is 12.1. The molecule has 0 radical (unpaired) electrons. The molecule has 0 saturated carbocycles. The van der Waals surface area contributed by atoms with Crippen LogP contribution in [-0.4, -0.2) is 35.7 Å². The number of hydrogen-bond acceptors (Lipinski definition) is 3. The molecule has 0 spiro atoms. The van der Waals surface area contributed by atoms with Crippen LogP contribution >= 0.6 is 0 Å². The molecule has 1 heterocycles. The molecule has 1 fully saturated rings. The Kier molecular flexibility index (Phi) is 5.33. The average molecular weight is 291 g/mol. The van der Waals surface area contributed by atoms with Gasteiger partial charge in [-0.15, -0.1) is 0 Å². The lowest BCUT2D eigenvalue weighted by atomic mass is 9.94. The Bertz CT molecular complexity index is 488. The van der Waals surface area contributed by atoms with E-state index in [1.165, 1.54) is 0 Å². The number of hydrogen-bond donors (Lipinski definition) is 2. The summed E-state index contributed by atoms with van der Waals surface area (Å²) in [7, 11) is 0. The molecule has 21 heavy (non-hydrogen) atoms. The number of rotatable bonds is 5. The number of carboxylic acid groups (broad SMARTS) is 1. The highest BCUT2D eigenvalue weighted by molar-refractivity contribution is 5.85. The third kappa shape index (κ3) is 4.56. The second-order valence-electron chi connectivity index (χ2n) is 5.49. The third-order valence-corrected chi connectivity index (χ3v) is 3.75. The smallest absolute Gasteiger partial charge is 0.326 e. The van der Waals surface area contributed by atoms with Crippen LogP contribution in [0.4, 0.5) is 0 Å². The first kappa shape index (κ1) is 15.5. The largest absolute Gasteiger partial charge is 0.480 e. The van der Waals surface area contributed by atoms with Gasteiger partial charge in [0.2, 0.25) is 5.91 Å². The molecule has 0 bridgehead atoms. The molecule has 2 unspecified atom stereocenters. The Hall–Kier alpha value is -1.88. The second kappa shape index (κ2) is 7.22. The van der Waals surface area contributed by atoms with Crippen molar-refractivity contribution in [2.24, 2.45) is 5.92 Å². The lowest BCUT2D eigenvalue weighted by molar-refractivity contribution is -0.143. The van der Waals surface area contributed by atoms with Gasteiger partial charge in [0.05, 0.1) is 6.10 Å². The molecular formula is C16H21NO4. The monoisotopic (exact) mass is 291 g/mol.